The largest absolute Gasteiger partial charge is 0.364 e. The number of amides is 1. The predicted molar refractivity (Wildman–Crippen MR) is 119 cm³/mol. The number of carbonyl (C=O) groups is 1. The number of benzene rings is 2. The third-order valence-corrected chi connectivity index (χ3v) is 4.68. The van der Waals surface area contributed by atoms with E-state index in [4.69, 9.17) is 0 Å². The lowest BCUT2D eigenvalue weighted by molar-refractivity contribution is 0.0985. The Labute approximate surface area is 176 Å². The molecule has 0 fully saturated rings. The molecule has 0 spiro atoms. The highest BCUT2D eigenvalue weighted by molar-refractivity contribution is 6.06. The Hall–Kier alpha value is -3.99. The molecule has 2 heterocycles. The smallest absolute Gasteiger partial charge is 0.258 e. The highest BCUT2D eigenvalue weighted by atomic mass is 16.2. The molecule has 5 heteroatoms. The van der Waals surface area contributed by atoms with Gasteiger partial charge in [0.2, 0.25) is 0 Å². The summed E-state index contributed by atoms with van der Waals surface area (Å²) in [6, 6.07) is 29.0. The zero-order valence-electron chi connectivity index (χ0n) is 16.5. The van der Waals surface area contributed by atoms with Crippen LogP contribution in [0, 0.1) is 0 Å². The summed E-state index contributed by atoms with van der Waals surface area (Å²) >= 11 is 0. The van der Waals surface area contributed by atoms with Crippen molar-refractivity contribution in [1.82, 2.24) is 9.97 Å². The van der Waals surface area contributed by atoms with Gasteiger partial charge in [0, 0.05) is 23.6 Å². The molecule has 0 saturated heterocycles. The summed E-state index contributed by atoms with van der Waals surface area (Å²) in [6.45, 7) is 1.03. The Morgan fingerprint density at radius 3 is 2.27 bits per heavy atom. The monoisotopic (exact) mass is 394 g/mol. The summed E-state index contributed by atoms with van der Waals surface area (Å²) in [5.41, 5.74) is 3.41. The Bertz CT molecular complexity index is 1090. The Morgan fingerprint density at radius 2 is 1.53 bits per heavy atom. The van der Waals surface area contributed by atoms with E-state index in [-0.39, 0.29) is 5.91 Å². The molecule has 0 radical (unpaired) electrons. The van der Waals surface area contributed by atoms with Gasteiger partial charge in [-0.15, -0.1) is 0 Å². The number of hydrogen-bond acceptors (Lipinski definition) is 4. The first-order valence-corrected chi connectivity index (χ1v) is 9.80. The fourth-order valence-corrected chi connectivity index (χ4v) is 3.15. The Morgan fingerprint density at radius 1 is 0.800 bits per heavy atom. The molecule has 148 valence electrons. The second-order valence-corrected chi connectivity index (χ2v) is 6.82. The molecule has 0 aliphatic heterocycles. The van der Waals surface area contributed by atoms with Gasteiger partial charge in [-0.1, -0.05) is 54.6 Å². The summed E-state index contributed by atoms with van der Waals surface area (Å²) < 4.78 is 0. The molecule has 0 aliphatic carbocycles. The molecule has 1 amide bonds. The second-order valence-electron chi connectivity index (χ2n) is 6.82. The van der Waals surface area contributed by atoms with Crippen LogP contribution in [0.25, 0.3) is 0 Å². The molecule has 1 N–H and O–H groups in total. The van der Waals surface area contributed by atoms with Gasteiger partial charge >= 0.3 is 0 Å². The van der Waals surface area contributed by atoms with E-state index in [1.54, 1.807) is 29.4 Å². The van der Waals surface area contributed by atoms with E-state index in [2.05, 4.69) is 15.3 Å². The van der Waals surface area contributed by atoms with Crippen LogP contribution in [-0.2, 0) is 13.1 Å². The van der Waals surface area contributed by atoms with Gasteiger partial charge in [-0.2, -0.15) is 0 Å². The van der Waals surface area contributed by atoms with Crippen LogP contribution in [0.3, 0.4) is 0 Å². The molecule has 5 nitrogen and oxygen atoms in total. The number of carbonyl (C=O) groups excluding carboxylic acids is 1. The zero-order valence-corrected chi connectivity index (χ0v) is 16.5. The fraction of sp³-hybridized carbons (Fsp3) is 0.0800. The van der Waals surface area contributed by atoms with Crippen LogP contribution in [0.5, 0.6) is 0 Å². The van der Waals surface area contributed by atoms with Crippen molar-refractivity contribution in [3.8, 4) is 0 Å². The molecule has 4 aromatic rings. The van der Waals surface area contributed by atoms with E-state index in [1.165, 1.54) is 0 Å². The second kappa shape index (κ2) is 9.47. The third-order valence-electron chi connectivity index (χ3n) is 4.68. The van der Waals surface area contributed by atoms with Crippen molar-refractivity contribution in [2.75, 3.05) is 10.2 Å². The van der Waals surface area contributed by atoms with Gasteiger partial charge in [-0.3, -0.25) is 9.78 Å². The van der Waals surface area contributed by atoms with Crippen molar-refractivity contribution in [3.05, 3.63) is 120 Å². The zero-order chi connectivity index (χ0) is 20.6. The average Bonchev–Trinajstić information content (AvgIpc) is 2.83. The Kier molecular flexibility index (Phi) is 6.11. The van der Waals surface area contributed by atoms with Gasteiger partial charge in [0.05, 0.1) is 18.8 Å². The minimum atomic E-state index is -0.0756. The summed E-state index contributed by atoms with van der Waals surface area (Å²) in [7, 11) is 0. The number of rotatable bonds is 7. The Balaban J connectivity index is 1.56. The van der Waals surface area contributed by atoms with Crippen LogP contribution in [0.4, 0.5) is 11.5 Å². The number of anilines is 2. The summed E-state index contributed by atoms with van der Waals surface area (Å²) in [6.07, 6.45) is 3.41. The van der Waals surface area contributed by atoms with Crippen molar-refractivity contribution in [2.24, 2.45) is 0 Å². The van der Waals surface area contributed by atoms with Crippen LogP contribution in [0.15, 0.2) is 103 Å². The predicted octanol–water partition coefficient (Wildman–Crippen LogP) is 4.94. The van der Waals surface area contributed by atoms with Gasteiger partial charge in [0.25, 0.3) is 5.91 Å². The number of aromatic nitrogens is 2. The topological polar surface area (TPSA) is 58.1 Å². The van der Waals surface area contributed by atoms with Crippen LogP contribution in [-0.4, -0.2) is 15.9 Å². The molecular formula is C25H22N4O. The van der Waals surface area contributed by atoms with E-state index in [0.29, 0.717) is 24.5 Å². The van der Waals surface area contributed by atoms with Crippen molar-refractivity contribution in [1.29, 1.82) is 0 Å². The molecule has 4 rings (SSSR count). The lowest BCUT2D eigenvalue weighted by atomic mass is 10.1. The standard InChI is InChI=1S/C25H22N4O/c30-25(21-14-16-27-24(17-21)28-18-22-11-7-8-15-26-22)29(23-12-5-2-6-13-23)19-20-9-3-1-4-10-20/h1-17H,18-19H2,(H,27,28). The summed E-state index contributed by atoms with van der Waals surface area (Å²) in [4.78, 5) is 23.9. The van der Waals surface area contributed by atoms with Gasteiger partial charge in [-0.25, -0.2) is 4.98 Å². The molecule has 30 heavy (non-hydrogen) atoms. The van der Waals surface area contributed by atoms with Crippen molar-refractivity contribution in [3.63, 3.8) is 0 Å². The van der Waals surface area contributed by atoms with Crippen molar-refractivity contribution in [2.45, 2.75) is 13.1 Å². The molecule has 2 aromatic heterocycles. The maximum absolute atomic E-state index is 13.4. The molecular weight excluding hydrogens is 372 g/mol. The van der Waals surface area contributed by atoms with E-state index in [1.807, 2.05) is 78.9 Å². The van der Waals surface area contributed by atoms with E-state index in [0.717, 1.165) is 16.9 Å². The van der Waals surface area contributed by atoms with E-state index in [9.17, 15) is 4.79 Å². The van der Waals surface area contributed by atoms with Crippen LogP contribution in [0.1, 0.15) is 21.6 Å². The third kappa shape index (κ3) is 4.89. The van der Waals surface area contributed by atoms with Gasteiger partial charge in [0.15, 0.2) is 0 Å². The summed E-state index contributed by atoms with van der Waals surface area (Å²) in [5, 5.41) is 3.24. The molecule has 2 aromatic carbocycles. The number of hydrogen-bond donors (Lipinski definition) is 1. The first-order valence-electron chi connectivity index (χ1n) is 9.80. The molecule has 0 unspecified atom stereocenters. The minimum absolute atomic E-state index is 0.0756. The number of para-hydroxylation sites is 1. The average molecular weight is 394 g/mol. The lowest BCUT2D eigenvalue weighted by Crippen LogP contribution is -2.30. The van der Waals surface area contributed by atoms with Gasteiger partial charge < -0.3 is 10.2 Å². The number of pyridine rings is 2. The van der Waals surface area contributed by atoms with E-state index < -0.39 is 0 Å². The molecule has 0 bridgehead atoms. The van der Waals surface area contributed by atoms with Crippen LogP contribution in [0.2, 0.25) is 0 Å². The number of nitrogens with zero attached hydrogens (tertiary/aromatic N) is 3. The molecule has 0 saturated carbocycles. The minimum Gasteiger partial charge on any atom is -0.364 e. The van der Waals surface area contributed by atoms with Gasteiger partial charge in [0.1, 0.15) is 5.82 Å². The molecule has 0 aliphatic rings. The van der Waals surface area contributed by atoms with Crippen LogP contribution < -0.4 is 10.2 Å². The van der Waals surface area contributed by atoms with Crippen molar-refractivity contribution >= 4 is 17.4 Å². The van der Waals surface area contributed by atoms with Gasteiger partial charge in [-0.05, 0) is 42.0 Å². The maximum Gasteiger partial charge on any atom is 0.258 e. The first-order chi connectivity index (χ1) is 14.8. The first kappa shape index (κ1) is 19.3. The number of nitrogens with one attached hydrogen (secondary N) is 1. The highest BCUT2D eigenvalue weighted by Gasteiger charge is 2.18. The lowest BCUT2D eigenvalue weighted by Gasteiger charge is -2.23. The SMILES string of the molecule is O=C(c1ccnc(NCc2ccccn2)c1)N(Cc1ccccc1)c1ccccc1. The maximum atomic E-state index is 13.4. The van der Waals surface area contributed by atoms with Crippen LogP contribution >= 0.6 is 0 Å². The normalized spacial score (nSPS) is 10.4. The fourth-order valence-electron chi connectivity index (χ4n) is 3.15. The van der Waals surface area contributed by atoms with Crippen molar-refractivity contribution < 1.29 is 4.79 Å². The highest BCUT2D eigenvalue weighted by Crippen LogP contribution is 2.21. The van der Waals surface area contributed by atoms with E-state index >= 15 is 0 Å². The quantitative estimate of drug-likeness (QED) is 0.483. The molecule has 0 atom stereocenters. The summed E-state index contributed by atoms with van der Waals surface area (Å²) in [5.74, 6) is 0.563.